The van der Waals surface area contributed by atoms with E-state index < -0.39 is 0 Å². The molecule has 0 bridgehead atoms. The van der Waals surface area contributed by atoms with Gasteiger partial charge in [-0.25, -0.2) is 0 Å². The summed E-state index contributed by atoms with van der Waals surface area (Å²) >= 11 is 0. The molecule has 1 N–H and O–H groups in total. The molecule has 0 atom stereocenters. The van der Waals surface area contributed by atoms with E-state index in [9.17, 15) is 0 Å². The summed E-state index contributed by atoms with van der Waals surface area (Å²) in [6.45, 7) is 3.20. The van der Waals surface area contributed by atoms with Crippen LogP contribution in [0, 0.1) is 0 Å². The smallest absolute Gasteiger partial charge is 0.147 e. The topological polar surface area (TPSA) is 30.5 Å². The number of hydrogen-bond donors (Lipinski definition) is 1. The van der Waals surface area contributed by atoms with E-state index in [2.05, 4.69) is 5.32 Å². The third-order valence-electron chi connectivity index (χ3n) is 1.71. The Bertz CT molecular complexity index is 92.6. The van der Waals surface area contributed by atoms with Crippen LogP contribution in [0.3, 0.4) is 0 Å². The third-order valence-corrected chi connectivity index (χ3v) is 1.71. The highest BCUT2D eigenvalue weighted by atomic mass is 16.7. The Labute approximate surface area is 48.0 Å². The molecule has 2 heterocycles. The zero-order chi connectivity index (χ0) is 5.45. The lowest BCUT2D eigenvalue weighted by Gasteiger charge is -2.36. The van der Waals surface area contributed by atoms with Crippen LogP contribution >= 0.6 is 0 Å². The number of hydrogen-bond acceptors (Lipinski definition) is 3. The molecule has 0 amide bonds. The van der Waals surface area contributed by atoms with E-state index in [1.165, 1.54) is 0 Å². The van der Waals surface area contributed by atoms with Gasteiger partial charge in [0.2, 0.25) is 0 Å². The molecular weight excluding hydrogens is 106 g/mol. The summed E-state index contributed by atoms with van der Waals surface area (Å²) in [7, 11) is 0. The van der Waals surface area contributed by atoms with Gasteiger partial charge in [0.15, 0.2) is 0 Å². The van der Waals surface area contributed by atoms with Gasteiger partial charge in [0.1, 0.15) is 12.4 Å². The summed E-state index contributed by atoms with van der Waals surface area (Å²) < 4.78 is 10.3. The van der Waals surface area contributed by atoms with Crippen molar-refractivity contribution in [1.29, 1.82) is 0 Å². The first-order valence-electron chi connectivity index (χ1n) is 2.84. The Morgan fingerprint density at radius 2 is 2.25 bits per heavy atom. The van der Waals surface area contributed by atoms with E-state index in [-0.39, 0.29) is 5.60 Å². The molecule has 0 saturated carbocycles. The fourth-order valence-corrected chi connectivity index (χ4v) is 1.04. The highest BCUT2D eigenvalue weighted by Gasteiger charge is 2.41. The predicted molar refractivity (Wildman–Crippen MR) is 27.5 cm³/mol. The number of nitrogens with one attached hydrogen (secondary N) is 1. The van der Waals surface area contributed by atoms with Gasteiger partial charge in [-0.2, -0.15) is 0 Å². The van der Waals surface area contributed by atoms with Gasteiger partial charge in [-0.05, 0) is 0 Å². The second-order valence-corrected chi connectivity index (χ2v) is 2.40. The van der Waals surface area contributed by atoms with E-state index in [0.29, 0.717) is 6.79 Å². The quantitative estimate of drug-likeness (QED) is 0.454. The van der Waals surface area contributed by atoms with Crippen molar-refractivity contribution in [3.63, 3.8) is 0 Å². The second-order valence-electron chi connectivity index (χ2n) is 2.40. The van der Waals surface area contributed by atoms with Crippen LogP contribution in [-0.2, 0) is 9.47 Å². The average molecular weight is 115 g/mol. The van der Waals surface area contributed by atoms with E-state index in [1.807, 2.05) is 0 Å². The van der Waals surface area contributed by atoms with Crippen molar-refractivity contribution in [3.8, 4) is 0 Å². The lowest BCUT2D eigenvalue weighted by atomic mass is 9.99. The molecule has 2 rings (SSSR count). The zero-order valence-electron chi connectivity index (χ0n) is 4.64. The lowest BCUT2D eigenvalue weighted by molar-refractivity contribution is -0.0386. The van der Waals surface area contributed by atoms with Crippen LogP contribution in [0.1, 0.15) is 0 Å². The molecule has 3 heteroatoms. The Hall–Kier alpha value is -0.120. The largest absolute Gasteiger partial charge is 0.352 e. The van der Waals surface area contributed by atoms with Crippen LogP contribution in [0.4, 0.5) is 0 Å². The lowest BCUT2D eigenvalue weighted by Crippen LogP contribution is -2.60. The van der Waals surface area contributed by atoms with Crippen molar-refractivity contribution in [2.45, 2.75) is 5.60 Å². The van der Waals surface area contributed by atoms with Crippen molar-refractivity contribution >= 4 is 0 Å². The average Bonchev–Trinajstić information content (AvgIpc) is 2.07. The Morgan fingerprint density at radius 1 is 1.38 bits per heavy atom. The fraction of sp³-hybridized carbons (Fsp3) is 1.00. The summed E-state index contributed by atoms with van der Waals surface area (Å²) in [4.78, 5) is 0. The monoisotopic (exact) mass is 115 g/mol. The summed E-state index contributed by atoms with van der Waals surface area (Å²) in [6, 6.07) is 0. The van der Waals surface area contributed by atoms with Gasteiger partial charge in [-0.15, -0.1) is 0 Å². The molecule has 0 radical (unpaired) electrons. The number of rotatable bonds is 0. The fourth-order valence-electron chi connectivity index (χ4n) is 1.04. The molecule has 46 valence electrons. The molecule has 0 aliphatic carbocycles. The van der Waals surface area contributed by atoms with Crippen LogP contribution in [0.5, 0.6) is 0 Å². The highest BCUT2D eigenvalue weighted by Crippen LogP contribution is 2.21. The highest BCUT2D eigenvalue weighted by molar-refractivity contribution is 4.95. The van der Waals surface area contributed by atoms with E-state index in [4.69, 9.17) is 9.47 Å². The van der Waals surface area contributed by atoms with Gasteiger partial charge in [0.05, 0.1) is 6.61 Å². The molecule has 2 aliphatic heterocycles. The van der Waals surface area contributed by atoms with Crippen molar-refractivity contribution < 1.29 is 9.47 Å². The standard InChI is InChI=1S/C5H9NO2/c1-5(2-6-1)3-7-4-8-5/h6H,1-4H2. The summed E-state index contributed by atoms with van der Waals surface area (Å²) in [6.07, 6.45) is 0. The van der Waals surface area contributed by atoms with Crippen molar-refractivity contribution in [3.05, 3.63) is 0 Å². The maximum absolute atomic E-state index is 5.29. The molecule has 0 aromatic rings. The summed E-state index contributed by atoms with van der Waals surface area (Å²) in [5, 5.41) is 3.14. The van der Waals surface area contributed by atoms with Gasteiger partial charge in [-0.1, -0.05) is 0 Å². The minimum Gasteiger partial charge on any atom is -0.352 e. The van der Waals surface area contributed by atoms with Crippen molar-refractivity contribution in [2.75, 3.05) is 26.5 Å². The van der Waals surface area contributed by atoms with Crippen LogP contribution in [0.25, 0.3) is 0 Å². The minimum absolute atomic E-state index is 0.0833. The minimum atomic E-state index is 0.0833. The molecule has 0 unspecified atom stereocenters. The Balaban J connectivity index is 2.01. The molecule has 3 nitrogen and oxygen atoms in total. The molecular formula is C5H9NO2. The van der Waals surface area contributed by atoms with Gasteiger partial charge < -0.3 is 14.8 Å². The summed E-state index contributed by atoms with van der Waals surface area (Å²) in [5.41, 5.74) is 0.0833. The normalized spacial score (nSPS) is 33.0. The van der Waals surface area contributed by atoms with Gasteiger partial charge in [0, 0.05) is 13.1 Å². The molecule has 2 saturated heterocycles. The Morgan fingerprint density at radius 3 is 2.50 bits per heavy atom. The van der Waals surface area contributed by atoms with E-state index in [1.54, 1.807) is 0 Å². The molecule has 2 aliphatic rings. The maximum Gasteiger partial charge on any atom is 0.147 e. The van der Waals surface area contributed by atoms with Crippen LogP contribution in [0.15, 0.2) is 0 Å². The zero-order valence-corrected chi connectivity index (χ0v) is 4.64. The van der Waals surface area contributed by atoms with Crippen LogP contribution < -0.4 is 5.32 Å². The first-order valence-corrected chi connectivity index (χ1v) is 2.84. The maximum atomic E-state index is 5.29. The first kappa shape index (κ1) is 4.73. The molecule has 0 aromatic carbocycles. The van der Waals surface area contributed by atoms with Crippen LogP contribution in [-0.4, -0.2) is 32.1 Å². The second kappa shape index (κ2) is 1.43. The molecule has 1 spiro atoms. The van der Waals surface area contributed by atoms with Gasteiger partial charge in [0.25, 0.3) is 0 Å². The molecule has 8 heavy (non-hydrogen) atoms. The van der Waals surface area contributed by atoms with Gasteiger partial charge >= 0.3 is 0 Å². The Kier molecular flexibility index (Phi) is 0.848. The van der Waals surface area contributed by atoms with Gasteiger partial charge in [-0.3, -0.25) is 0 Å². The van der Waals surface area contributed by atoms with Crippen molar-refractivity contribution in [2.24, 2.45) is 0 Å². The van der Waals surface area contributed by atoms with Crippen LogP contribution in [0.2, 0.25) is 0 Å². The predicted octanol–water partition coefficient (Wildman–Crippen LogP) is -0.667. The summed E-state index contributed by atoms with van der Waals surface area (Å²) in [5.74, 6) is 0. The first-order chi connectivity index (χ1) is 3.91. The van der Waals surface area contributed by atoms with E-state index >= 15 is 0 Å². The SMILES string of the molecule is C1OCC2(CNC2)O1. The van der Waals surface area contributed by atoms with Crippen molar-refractivity contribution in [1.82, 2.24) is 5.32 Å². The molecule has 0 aromatic heterocycles. The molecule has 2 fully saturated rings. The number of ether oxygens (including phenoxy) is 2. The van der Waals surface area contributed by atoms with E-state index in [0.717, 1.165) is 19.7 Å². The third kappa shape index (κ3) is 0.491.